The topological polar surface area (TPSA) is 93.5 Å². The van der Waals surface area contributed by atoms with Gasteiger partial charge in [-0.1, -0.05) is 28.9 Å². The number of carbonyl (C=O) groups is 2. The lowest BCUT2D eigenvalue weighted by Gasteiger charge is -2.19. The van der Waals surface area contributed by atoms with E-state index in [0.29, 0.717) is 10.6 Å². The van der Waals surface area contributed by atoms with Crippen LogP contribution in [0.3, 0.4) is 0 Å². The van der Waals surface area contributed by atoms with E-state index in [-0.39, 0.29) is 18.8 Å². The molecule has 0 saturated carbocycles. The molecule has 0 aliphatic rings. The predicted octanol–water partition coefficient (Wildman–Crippen LogP) is 3.25. The molecule has 2 amide bonds. The predicted molar refractivity (Wildman–Crippen MR) is 93.5 cm³/mol. The summed E-state index contributed by atoms with van der Waals surface area (Å²) in [6.45, 7) is 5.77. The minimum atomic E-state index is -0.570. The van der Waals surface area contributed by atoms with Crippen LogP contribution in [0.25, 0.3) is 11.1 Å². The van der Waals surface area contributed by atoms with E-state index >= 15 is 0 Å². The number of nitrogens with one attached hydrogen (secondary N) is 2. The fourth-order valence-corrected chi connectivity index (χ4v) is 2.19. The van der Waals surface area contributed by atoms with Crippen molar-refractivity contribution >= 4 is 23.6 Å². The first-order valence-electron chi connectivity index (χ1n) is 7.71. The number of amides is 2. The van der Waals surface area contributed by atoms with E-state index in [2.05, 4.69) is 15.8 Å². The van der Waals surface area contributed by atoms with Crippen LogP contribution < -0.4 is 10.6 Å². The Morgan fingerprint density at radius 1 is 1.24 bits per heavy atom. The summed E-state index contributed by atoms with van der Waals surface area (Å²) in [5.74, 6) is -0.408. The third kappa shape index (κ3) is 5.79. The minimum absolute atomic E-state index is 0.152. The second-order valence-electron chi connectivity index (χ2n) is 6.27. The van der Waals surface area contributed by atoms with E-state index in [1.807, 2.05) is 0 Å². The molecule has 1 aromatic carbocycles. The van der Waals surface area contributed by atoms with E-state index in [4.69, 9.17) is 20.9 Å². The third-order valence-corrected chi connectivity index (χ3v) is 3.23. The molecule has 0 aliphatic carbocycles. The van der Waals surface area contributed by atoms with Crippen molar-refractivity contribution in [2.45, 2.75) is 26.4 Å². The van der Waals surface area contributed by atoms with Crippen LogP contribution in [0.1, 0.15) is 31.3 Å². The Bertz CT molecular complexity index is 752. The zero-order valence-electron chi connectivity index (χ0n) is 14.3. The summed E-state index contributed by atoms with van der Waals surface area (Å²) in [4.78, 5) is 23.8. The molecule has 2 rings (SSSR count). The summed E-state index contributed by atoms with van der Waals surface area (Å²) in [6, 6.07) is 7.03. The van der Waals surface area contributed by atoms with Gasteiger partial charge in [-0.25, -0.2) is 4.79 Å². The van der Waals surface area contributed by atoms with Gasteiger partial charge < -0.3 is 19.9 Å². The maximum atomic E-state index is 12.2. The normalized spacial score (nSPS) is 11.0. The van der Waals surface area contributed by atoms with Gasteiger partial charge >= 0.3 is 6.09 Å². The first-order chi connectivity index (χ1) is 11.8. The van der Waals surface area contributed by atoms with Crippen molar-refractivity contribution in [3.8, 4) is 11.1 Å². The first-order valence-corrected chi connectivity index (χ1v) is 8.09. The monoisotopic (exact) mass is 365 g/mol. The summed E-state index contributed by atoms with van der Waals surface area (Å²) >= 11 is 5.97. The van der Waals surface area contributed by atoms with Crippen molar-refractivity contribution in [2.75, 3.05) is 13.1 Å². The van der Waals surface area contributed by atoms with E-state index in [9.17, 15) is 9.59 Å². The number of hydrogen-bond donors (Lipinski definition) is 2. The molecule has 0 saturated heterocycles. The van der Waals surface area contributed by atoms with Gasteiger partial charge in [0.25, 0.3) is 5.91 Å². The van der Waals surface area contributed by atoms with Crippen molar-refractivity contribution in [2.24, 2.45) is 0 Å². The number of aromatic nitrogens is 1. The average molecular weight is 366 g/mol. The van der Waals surface area contributed by atoms with Crippen LogP contribution in [0.15, 0.2) is 35.1 Å². The van der Waals surface area contributed by atoms with Gasteiger partial charge in [0.1, 0.15) is 11.9 Å². The number of hydrogen-bond acceptors (Lipinski definition) is 5. The molecule has 25 heavy (non-hydrogen) atoms. The molecule has 0 fully saturated rings. The highest BCUT2D eigenvalue weighted by molar-refractivity contribution is 6.30. The molecule has 0 radical (unpaired) electrons. The second kappa shape index (κ2) is 8.02. The lowest BCUT2D eigenvalue weighted by molar-refractivity contribution is 0.0526. The van der Waals surface area contributed by atoms with Crippen LogP contribution in [-0.2, 0) is 4.74 Å². The van der Waals surface area contributed by atoms with Gasteiger partial charge in [0, 0.05) is 18.1 Å². The highest BCUT2D eigenvalue weighted by atomic mass is 35.5. The maximum Gasteiger partial charge on any atom is 0.407 e. The SMILES string of the molecule is CC(C)(C)OC(=O)NCCNC(=O)c1nocc1-c1cccc(Cl)c1. The smallest absolute Gasteiger partial charge is 0.407 e. The largest absolute Gasteiger partial charge is 0.444 e. The van der Waals surface area contributed by atoms with Gasteiger partial charge in [-0.3, -0.25) is 4.79 Å². The molecule has 2 aromatic rings. The minimum Gasteiger partial charge on any atom is -0.444 e. The number of ether oxygens (including phenoxy) is 1. The second-order valence-corrected chi connectivity index (χ2v) is 6.71. The van der Waals surface area contributed by atoms with Gasteiger partial charge in [0.15, 0.2) is 5.69 Å². The van der Waals surface area contributed by atoms with Crippen molar-refractivity contribution in [3.05, 3.63) is 41.2 Å². The lowest BCUT2D eigenvalue weighted by atomic mass is 10.1. The zero-order chi connectivity index (χ0) is 18.4. The Hall–Kier alpha value is -2.54. The van der Waals surface area contributed by atoms with Gasteiger partial charge in [0.05, 0.1) is 5.56 Å². The summed E-state index contributed by atoms with van der Waals surface area (Å²) in [5.41, 5.74) is 0.852. The molecule has 1 aromatic heterocycles. The van der Waals surface area contributed by atoms with Crippen LogP contribution >= 0.6 is 11.6 Å². The highest BCUT2D eigenvalue weighted by Crippen LogP contribution is 2.25. The maximum absolute atomic E-state index is 12.2. The number of halogens is 1. The summed E-state index contributed by atoms with van der Waals surface area (Å²) in [6.07, 6.45) is 0.849. The molecule has 0 bridgehead atoms. The van der Waals surface area contributed by atoms with Crippen molar-refractivity contribution in [3.63, 3.8) is 0 Å². The highest BCUT2D eigenvalue weighted by Gasteiger charge is 2.18. The lowest BCUT2D eigenvalue weighted by Crippen LogP contribution is -2.38. The molecular formula is C17H20ClN3O4. The van der Waals surface area contributed by atoms with Crippen molar-refractivity contribution in [1.29, 1.82) is 0 Å². The zero-order valence-corrected chi connectivity index (χ0v) is 15.0. The summed E-state index contributed by atoms with van der Waals surface area (Å²) in [5, 5.41) is 9.51. The Balaban J connectivity index is 1.88. The van der Waals surface area contributed by atoms with Crippen LogP contribution in [-0.4, -0.2) is 35.8 Å². The number of benzene rings is 1. The van der Waals surface area contributed by atoms with E-state index in [0.717, 1.165) is 5.56 Å². The number of nitrogens with zero attached hydrogens (tertiary/aromatic N) is 1. The summed E-state index contributed by atoms with van der Waals surface area (Å²) in [7, 11) is 0. The molecule has 0 atom stereocenters. The van der Waals surface area contributed by atoms with Gasteiger partial charge in [-0.05, 0) is 38.5 Å². The van der Waals surface area contributed by atoms with Gasteiger partial charge in [0.2, 0.25) is 0 Å². The standard InChI is InChI=1S/C17H20ClN3O4/c1-17(2,3)25-16(23)20-8-7-19-15(22)14-13(10-24-21-14)11-5-4-6-12(18)9-11/h4-6,9-10H,7-8H2,1-3H3,(H,19,22)(H,20,23). The van der Waals surface area contributed by atoms with Crippen molar-refractivity contribution in [1.82, 2.24) is 15.8 Å². The molecule has 0 spiro atoms. The quantitative estimate of drug-likeness (QED) is 0.793. The molecule has 134 valence electrons. The van der Waals surface area contributed by atoms with Crippen LogP contribution in [0.2, 0.25) is 5.02 Å². The average Bonchev–Trinajstić information content (AvgIpc) is 2.99. The molecule has 2 N–H and O–H groups in total. The van der Waals surface area contributed by atoms with Crippen molar-refractivity contribution < 1.29 is 18.8 Å². The Labute approximate surface area is 150 Å². The molecule has 7 nitrogen and oxygen atoms in total. The fourth-order valence-electron chi connectivity index (χ4n) is 2.00. The first kappa shape index (κ1) is 18.8. The van der Waals surface area contributed by atoms with Gasteiger partial charge in [-0.15, -0.1) is 0 Å². The molecular weight excluding hydrogens is 346 g/mol. The molecule has 8 heteroatoms. The number of alkyl carbamates (subject to hydrolysis) is 1. The van der Waals surface area contributed by atoms with Crippen LogP contribution in [0.5, 0.6) is 0 Å². The third-order valence-electron chi connectivity index (χ3n) is 3.00. The summed E-state index contributed by atoms with van der Waals surface area (Å²) < 4.78 is 10.0. The number of carbonyl (C=O) groups excluding carboxylic acids is 2. The molecule has 1 heterocycles. The Morgan fingerprint density at radius 2 is 1.96 bits per heavy atom. The van der Waals surface area contributed by atoms with Crippen LogP contribution in [0.4, 0.5) is 4.79 Å². The van der Waals surface area contributed by atoms with E-state index in [1.54, 1.807) is 45.0 Å². The Morgan fingerprint density at radius 3 is 2.64 bits per heavy atom. The fraction of sp³-hybridized carbons (Fsp3) is 0.353. The Kier molecular flexibility index (Phi) is 6.03. The van der Waals surface area contributed by atoms with Gasteiger partial charge in [-0.2, -0.15) is 0 Å². The van der Waals surface area contributed by atoms with E-state index in [1.165, 1.54) is 6.26 Å². The molecule has 0 aliphatic heterocycles. The van der Waals surface area contributed by atoms with Crippen LogP contribution in [0, 0.1) is 0 Å². The number of rotatable bonds is 5. The molecule has 0 unspecified atom stereocenters. The van der Waals surface area contributed by atoms with E-state index < -0.39 is 17.6 Å².